The molecular weight excluding hydrogens is 450 g/mol. The first-order valence-corrected chi connectivity index (χ1v) is 9.80. The van der Waals surface area contributed by atoms with Crippen LogP contribution in [-0.2, 0) is 6.42 Å². The Morgan fingerprint density at radius 2 is 2.07 bits per heavy atom. The minimum absolute atomic E-state index is 0.0273. The predicted octanol–water partition coefficient (Wildman–Crippen LogP) is 5.33. The molecule has 9 heteroatoms. The molecule has 142 valence electrons. The van der Waals surface area contributed by atoms with Crippen LogP contribution < -0.4 is 10.5 Å². The van der Waals surface area contributed by atoms with Crippen molar-refractivity contribution in [3.8, 4) is 11.5 Å². The van der Waals surface area contributed by atoms with Crippen LogP contribution in [0.2, 0.25) is 0 Å². The predicted molar refractivity (Wildman–Crippen MR) is 108 cm³/mol. The largest absolute Gasteiger partial charge is 0.454 e. The number of nitrogens with zero attached hydrogens (tertiary/aromatic N) is 1. The molecule has 4 rings (SSSR count). The van der Waals surface area contributed by atoms with E-state index >= 15 is 0 Å². The molecule has 2 aromatic carbocycles. The molecule has 2 aromatic heterocycles. The maximum absolute atomic E-state index is 14.9. The Balaban J connectivity index is 1.82. The number of ether oxygens (including phenoxy) is 1. The summed E-state index contributed by atoms with van der Waals surface area (Å²) in [6.45, 7) is 0. The van der Waals surface area contributed by atoms with Crippen molar-refractivity contribution in [1.29, 1.82) is 5.41 Å². The summed E-state index contributed by atoms with van der Waals surface area (Å²) in [5.74, 6) is -1.43. The number of aromatic amines is 1. The monoisotopic (exact) mass is 462 g/mol. The van der Waals surface area contributed by atoms with Crippen molar-refractivity contribution in [3.63, 3.8) is 0 Å². The second-order valence-electron chi connectivity index (χ2n) is 6.00. The van der Waals surface area contributed by atoms with Gasteiger partial charge in [0.15, 0.2) is 11.6 Å². The summed E-state index contributed by atoms with van der Waals surface area (Å²) in [7, 11) is 0. The molecule has 0 unspecified atom stereocenters. The van der Waals surface area contributed by atoms with Crippen LogP contribution >= 0.6 is 27.3 Å². The third-order valence-corrected chi connectivity index (χ3v) is 5.72. The summed E-state index contributed by atoms with van der Waals surface area (Å²) < 4.78 is 35.2. The number of benzene rings is 2. The van der Waals surface area contributed by atoms with Gasteiger partial charge < -0.3 is 15.5 Å². The van der Waals surface area contributed by atoms with E-state index < -0.39 is 17.5 Å². The lowest BCUT2D eigenvalue weighted by Gasteiger charge is -2.14. The summed E-state index contributed by atoms with van der Waals surface area (Å²) >= 11 is 4.77. The minimum atomic E-state index is -0.644. The molecule has 4 aromatic rings. The van der Waals surface area contributed by atoms with Gasteiger partial charge >= 0.3 is 0 Å². The molecule has 0 radical (unpaired) electrons. The molecule has 4 N–H and O–H groups in total. The van der Waals surface area contributed by atoms with Crippen molar-refractivity contribution in [2.45, 2.75) is 6.42 Å². The van der Waals surface area contributed by atoms with Crippen molar-refractivity contribution >= 4 is 44.0 Å². The first-order valence-electron chi connectivity index (χ1n) is 8.12. The van der Waals surface area contributed by atoms with E-state index in [1.165, 1.54) is 29.5 Å². The van der Waals surface area contributed by atoms with Crippen molar-refractivity contribution < 1.29 is 13.5 Å². The number of aromatic nitrogens is 2. The Hall–Kier alpha value is -2.78. The molecule has 0 bridgehead atoms. The molecule has 0 saturated carbocycles. The van der Waals surface area contributed by atoms with Gasteiger partial charge in [-0.2, -0.15) is 0 Å². The van der Waals surface area contributed by atoms with Crippen LogP contribution in [-0.4, -0.2) is 15.8 Å². The Bertz CT molecular complexity index is 1200. The van der Waals surface area contributed by atoms with Crippen LogP contribution in [0.25, 0.3) is 10.9 Å². The summed E-state index contributed by atoms with van der Waals surface area (Å²) in [6.07, 6.45) is 2.08. The quantitative estimate of drug-likeness (QED) is 0.276. The van der Waals surface area contributed by atoms with Crippen molar-refractivity contribution in [1.82, 2.24) is 9.97 Å². The minimum Gasteiger partial charge on any atom is -0.454 e. The number of amidine groups is 1. The SMILES string of the molecule is N=C(N)c1cc(Oc2c(F)cc3[nH]ccc3c2Cc2nc(Br)cs2)ccc1F. The van der Waals surface area contributed by atoms with E-state index in [-0.39, 0.29) is 17.1 Å². The van der Waals surface area contributed by atoms with E-state index in [1.54, 1.807) is 6.20 Å². The fraction of sp³-hybridized carbons (Fsp3) is 0.0526. The van der Waals surface area contributed by atoms with Gasteiger partial charge in [-0.05, 0) is 40.2 Å². The maximum Gasteiger partial charge on any atom is 0.168 e. The van der Waals surface area contributed by atoms with E-state index in [1.807, 2.05) is 11.4 Å². The van der Waals surface area contributed by atoms with Gasteiger partial charge in [0.05, 0.1) is 10.6 Å². The first kappa shape index (κ1) is 18.6. The molecule has 0 spiro atoms. The van der Waals surface area contributed by atoms with E-state index in [0.29, 0.717) is 22.1 Å². The van der Waals surface area contributed by atoms with E-state index in [9.17, 15) is 8.78 Å². The van der Waals surface area contributed by atoms with Crippen LogP contribution in [0.4, 0.5) is 8.78 Å². The molecule has 0 atom stereocenters. The van der Waals surface area contributed by atoms with Gasteiger partial charge in [-0.1, -0.05) is 0 Å². The number of hydrogen-bond donors (Lipinski definition) is 3. The topological polar surface area (TPSA) is 87.8 Å². The van der Waals surface area contributed by atoms with Crippen LogP contribution in [0.5, 0.6) is 11.5 Å². The number of hydrogen-bond acceptors (Lipinski definition) is 4. The third-order valence-electron chi connectivity index (χ3n) is 4.17. The molecule has 0 saturated heterocycles. The highest BCUT2D eigenvalue weighted by Gasteiger charge is 2.19. The lowest BCUT2D eigenvalue weighted by atomic mass is 10.1. The number of nitrogen functional groups attached to an aromatic ring is 1. The normalized spacial score (nSPS) is 11.1. The number of nitrogens with one attached hydrogen (secondary N) is 2. The highest BCUT2D eigenvalue weighted by Crippen LogP contribution is 2.36. The molecular formula is C19H13BrF2N4OS. The van der Waals surface area contributed by atoms with E-state index in [0.717, 1.165) is 16.5 Å². The third kappa shape index (κ3) is 3.50. The Morgan fingerprint density at radius 1 is 1.25 bits per heavy atom. The highest BCUT2D eigenvalue weighted by atomic mass is 79.9. The molecule has 0 aliphatic heterocycles. The zero-order valence-electron chi connectivity index (χ0n) is 14.2. The van der Waals surface area contributed by atoms with Crippen LogP contribution in [0.3, 0.4) is 0 Å². The number of thiazole rings is 1. The fourth-order valence-corrected chi connectivity index (χ4v) is 4.20. The van der Waals surface area contributed by atoms with E-state index in [2.05, 4.69) is 25.9 Å². The zero-order chi connectivity index (χ0) is 19.8. The molecule has 2 heterocycles. The average Bonchev–Trinajstić information content (AvgIpc) is 3.27. The molecule has 0 aliphatic carbocycles. The van der Waals surface area contributed by atoms with Crippen LogP contribution in [0, 0.1) is 17.0 Å². The van der Waals surface area contributed by atoms with Crippen molar-refractivity contribution in [2.75, 3.05) is 0 Å². The van der Waals surface area contributed by atoms with Crippen molar-refractivity contribution in [2.24, 2.45) is 5.73 Å². The lowest BCUT2D eigenvalue weighted by Crippen LogP contribution is -2.13. The number of rotatable bonds is 5. The summed E-state index contributed by atoms with van der Waals surface area (Å²) in [6, 6.07) is 6.97. The van der Waals surface area contributed by atoms with Gasteiger partial charge in [-0.15, -0.1) is 11.3 Å². The lowest BCUT2D eigenvalue weighted by molar-refractivity contribution is 0.437. The Kier molecular flexibility index (Phi) is 4.86. The fourth-order valence-electron chi connectivity index (χ4n) is 2.92. The van der Waals surface area contributed by atoms with Gasteiger partial charge in [0.1, 0.15) is 22.0 Å². The number of nitrogens with two attached hydrogens (primary N) is 1. The van der Waals surface area contributed by atoms with Gasteiger partial charge in [-0.3, -0.25) is 5.41 Å². The first-order chi connectivity index (χ1) is 13.4. The summed E-state index contributed by atoms with van der Waals surface area (Å²) in [5.41, 5.74) is 6.55. The van der Waals surface area contributed by atoms with Crippen LogP contribution in [0.1, 0.15) is 16.1 Å². The van der Waals surface area contributed by atoms with Gasteiger partial charge in [0, 0.05) is 40.5 Å². The number of fused-ring (bicyclic) bond motifs is 1. The second kappa shape index (κ2) is 7.33. The number of halogens is 3. The van der Waals surface area contributed by atoms with Gasteiger partial charge in [-0.25, -0.2) is 13.8 Å². The van der Waals surface area contributed by atoms with Gasteiger partial charge in [0.2, 0.25) is 0 Å². The van der Waals surface area contributed by atoms with E-state index in [4.69, 9.17) is 15.9 Å². The summed E-state index contributed by atoms with van der Waals surface area (Å²) in [5, 5.41) is 10.9. The summed E-state index contributed by atoms with van der Waals surface area (Å²) in [4.78, 5) is 7.37. The Morgan fingerprint density at radius 3 is 2.79 bits per heavy atom. The smallest absolute Gasteiger partial charge is 0.168 e. The molecule has 0 fully saturated rings. The van der Waals surface area contributed by atoms with Crippen molar-refractivity contribution in [3.05, 3.63) is 74.3 Å². The average molecular weight is 463 g/mol. The second-order valence-corrected chi connectivity index (χ2v) is 7.76. The standard InChI is InChI=1S/C19H13BrF2N4OS/c20-16-8-28-17(26-16)6-11-10-3-4-25-15(10)7-14(22)18(11)27-9-1-2-13(21)12(5-9)19(23)24/h1-5,7-8,25H,6H2,(H3,23,24). The maximum atomic E-state index is 14.9. The Labute approximate surface area is 170 Å². The van der Waals surface area contributed by atoms with Gasteiger partial charge in [0.25, 0.3) is 0 Å². The molecule has 0 amide bonds. The molecule has 28 heavy (non-hydrogen) atoms. The highest BCUT2D eigenvalue weighted by molar-refractivity contribution is 9.10. The molecule has 0 aliphatic rings. The molecule has 5 nitrogen and oxygen atoms in total. The van der Waals surface area contributed by atoms with Crippen LogP contribution in [0.15, 0.2) is 46.5 Å². The zero-order valence-corrected chi connectivity index (χ0v) is 16.6. The number of H-pyrrole nitrogens is 1.